The number of amides is 1. The van der Waals surface area contributed by atoms with Crippen molar-refractivity contribution in [3.63, 3.8) is 0 Å². The molecule has 0 radical (unpaired) electrons. The quantitative estimate of drug-likeness (QED) is 0.615. The summed E-state index contributed by atoms with van der Waals surface area (Å²) in [5.41, 5.74) is 2.92. The van der Waals surface area contributed by atoms with Crippen LogP contribution < -0.4 is 10.7 Å². The molecule has 4 nitrogen and oxygen atoms in total. The van der Waals surface area contributed by atoms with Gasteiger partial charge in [-0.2, -0.15) is 0 Å². The molecule has 2 unspecified atom stereocenters. The van der Waals surface area contributed by atoms with Crippen LogP contribution in [0.15, 0.2) is 51.9 Å². The van der Waals surface area contributed by atoms with Gasteiger partial charge in [0.1, 0.15) is 5.56 Å². The highest BCUT2D eigenvalue weighted by atomic mass is 79.9. The molecule has 0 aliphatic carbocycles. The summed E-state index contributed by atoms with van der Waals surface area (Å²) in [7, 11) is 0. The molecule has 1 aromatic heterocycles. The number of rotatable bonds is 3. The summed E-state index contributed by atoms with van der Waals surface area (Å²) >= 11 is 9.40. The van der Waals surface area contributed by atoms with Crippen molar-refractivity contribution in [3.05, 3.63) is 79.0 Å². The molecular weight excluding hydrogens is 428 g/mol. The molecule has 2 heterocycles. The standard InChI is InChI=1S/C21H18BrClN2O2/c1-11-7-14-8-15(22)9-17-19(14)25(11)10-18(20(17)26)21(27)24-12(2)13-3-5-16(23)6-4-13/h3-6,8-12H,7H2,1-2H3,(H,24,27). The molecule has 0 saturated carbocycles. The second kappa shape index (κ2) is 6.80. The molecule has 0 bridgehead atoms. The van der Waals surface area contributed by atoms with Crippen LogP contribution in [0.2, 0.25) is 5.02 Å². The molecule has 0 spiro atoms. The molecule has 3 aromatic rings. The summed E-state index contributed by atoms with van der Waals surface area (Å²) in [6, 6.07) is 11.1. The van der Waals surface area contributed by atoms with Crippen molar-refractivity contribution in [2.24, 2.45) is 0 Å². The first kappa shape index (κ1) is 18.3. The first-order chi connectivity index (χ1) is 12.8. The fraction of sp³-hybridized carbons (Fsp3) is 0.238. The van der Waals surface area contributed by atoms with Gasteiger partial charge in [0, 0.05) is 27.1 Å². The predicted octanol–water partition coefficient (Wildman–Crippen LogP) is 5.03. The number of pyridine rings is 1. The fourth-order valence-electron chi connectivity index (χ4n) is 3.73. The van der Waals surface area contributed by atoms with E-state index in [-0.39, 0.29) is 29.0 Å². The highest BCUT2D eigenvalue weighted by molar-refractivity contribution is 9.10. The van der Waals surface area contributed by atoms with Crippen molar-refractivity contribution < 1.29 is 4.79 Å². The lowest BCUT2D eigenvalue weighted by molar-refractivity contribution is 0.0938. The van der Waals surface area contributed by atoms with E-state index in [1.54, 1.807) is 24.4 Å². The van der Waals surface area contributed by atoms with Crippen LogP contribution in [0.1, 0.15) is 47.4 Å². The van der Waals surface area contributed by atoms with Crippen molar-refractivity contribution in [1.29, 1.82) is 0 Å². The number of hydrogen-bond acceptors (Lipinski definition) is 2. The largest absolute Gasteiger partial charge is 0.345 e. The molecule has 1 amide bonds. The van der Waals surface area contributed by atoms with Gasteiger partial charge < -0.3 is 9.88 Å². The van der Waals surface area contributed by atoms with E-state index in [9.17, 15) is 9.59 Å². The Morgan fingerprint density at radius 2 is 2.00 bits per heavy atom. The number of halogens is 2. The first-order valence-corrected chi connectivity index (χ1v) is 9.96. The van der Waals surface area contributed by atoms with Gasteiger partial charge in [-0.05, 0) is 55.7 Å². The summed E-state index contributed by atoms with van der Waals surface area (Å²) < 4.78 is 2.90. The lowest BCUT2D eigenvalue weighted by Crippen LogP contribution is -2.31. The fourth-order valence-corrected chi connectivity index (χ4v) is 4.36. The second-order valence-corrected chi connectivity index (χ2v) is 8.39. The number of carbonyl (C=O) groups is 1. The lowest BCUT2D eigenvalue weighted by atomic mass is 10.1. The van der Waals surface area contributed by atoms with Crippen LogP contribution >= 0.6 is 27.5 Å². The van der Waals surface area contributed by atoms with Crippen LogP contribution in [0.25, 0.3) is 10.9 Å². The minimum absolute atomic E-state index is 0.168. The normalized spacial score (nSPS) is 16.5. The van der Waals surface area contributed by atoms with Crippen molar-refractivity contribution in [3.8, 4) is 0 Å². The summed E-state index contributed by atoms with van der Waals surface area (Å²) in [5, 5.41) is 4.15. The van der Waals surface area contributed by atoms with Gasteiger partial charge in [0.05, 0.1) is 11.6 Å². The molecule has 2 aromatic carbocycles. The average molecular weight is 446 g/mol. The van der Waals surface area contributed by atoms with Gasteiger partial charge in [0.2, 0.25) is 5.43 Å². The summed E-state index contributed by atoms with van der Waals surface area (Å²) in [4.78, 5) is 25.9. The summed E-state index contributed by atoms with van der Waals surface area (Å²) in [6.45, 7) is 3.98. The number of benzene rings is 2. The molecule has 1 aliphatic heterocycles. The van der Waals surface area contributed by atoms with E-state index < -0.39 is 0 Å². The highest BCUT2D eigenvalue weighted by Crippen LogP contribution is 2.33. The van der Waals surface area contributed by atoms with E-state index in [2.05, 4.69) is 28.2 Å². The Balaban J connectivity index is 1.74. The van der Waals surface area contributed by atoms with Gasteiger partial charge in [-0.1, -0.05) is 39.7 Å². The van der Waals surface area contributed by atoms with Crippen LogP contribution in [0.4, 0.5) is 0 Å². The minimum Gasteiger partial charge on any atom is -0.345 e. The third-order valence-electron chi connectivity index (χ3n) is 5.12. The molecule has 0 fully saturated rings. The monoisotopic (exact) mass is 444 g/mol. The number of aromatic nitrogens is 1. The molecular formula is C21H18BrClN2O2. The molecule has 1 aliphatic rings. The van der Waals surface area contributed by atoms with Gasteiger partial charge in [0.15, 0.2) is 0 Å². The minimum atomic E-state index is -0.367. The maximum atomic E-state index is 13.0. The summed E-state index contributed by atoms with van der Waals surface area (Å²) in [5.74, 6) is -0.367. The van der Waals surface area contributed by atoms with Crippen molar-refractivity contribution in [1.82, 2.24) is 9.88 Å². The Kier molecular flexibility index (Phi) is 4.60. The van der Waals surface area contributed by atoms with E-state index in [0.29, 0.717) is 10.4 Å². The van der Waals surface area contributed by atoms with Gasteiger partial charge in [0.25, 0.3) is 5.91 Å². The Morgan fingerprint density at radius 3 is 2.70 bits per heavy atom. The third kappa shape index (κ3) is 3.19. The Bertz CT molecular complexity index is 1120. The zero-order chi connectivity index (χ0) is 19.3. The number of nitrogens with one attached hydrogen (secondary N) is 1. The topological polar surface area (TPSA) is 51.1 Å². The van der Waals surface area contributed by atoms with E-state index in [1.807, 2.05) is 29.7 Å². The van der Waals surface area contributed by atoms with Crippen LogP contribution in [-0.2, 0) is 6.42 Å². The molecule has 138 valence electrons. The van der Waals surface area contributed by atoms with E-state index in [0.717, 1.165) is 27.5 Å². The molecule has 6 heteroatoms. The van der Waals surface area contributed by atoms with Gasteiger partial charge >= 0.3 is 0 Å². The Hall–Kier alpha value is -2.11. The Morgan fingerprint density at radius 1 is 1.30 bits per heavy atom. The summed E-state index contributed by atoms with van der Waals surface area (Å²) in [6.07, 6.45) is 2.55. The van der Waals surface area contributed by atoms with Crippen LogP contribution in [0.3, 0.4) is 0 Å². The molecule has 0 saturated heterocycles. The molecule has 1 N–H and O–H groups in total. The molecule has 27 heavy (non-hydrogen) atoms. The first-order valence-electron chi connectivity index (χ1n) is 8.78. The lowest BCUT2D eigenvalue weighted by Gasteiger charge is -2.16. The van der Waals surface area contributed by atoms with Crippen LogP contribution in [-0.4, -0.2) is 10.5 Å². The second-order valence-electron chi connectivity index (χ2n) is 7.04. The Labute approximate surface area is 170 Å². The number of carbonyl (C=O) groups excluding carboxylic acids is 1. The van der Waals surface area contributed by atoms with Crippen molar-refractivity contribution >= 4 is 44.3 Å². The van der Waals surface area contributed by atoms with Gasteiger partial charge in [-0.3, -0.25) is 9.59 Å². The van der Waals surface area contributed by atoms with Crippen LogP contribution in [0, 0.1) is 0 Å². The van der Waals surface area contributed by atoms with Crippen molar-refractivity contribution in [2.45, 2.75) is 32.4 Å². The SMILES string of the molecule is CC(NC(=O)c1cn2c3c(cc(Br)cc3c1=O)CC2C)c1ccc(Cl)cc1. The maximum Gasteiger partial charge on any atom is 0.257 e. The maximum absolute atomic E-state index is 13.0. The van der Waals surface area contributed by atoms with Crippen molar-refractivity contribution in [2.75, 3.05) is 0 Å². The molecule has 2 atom stereocenters. The number of nitrogens with zero attached hydrogens (tertiary/aromatic N) is 1. The van der Waals surface area contributed by atoms with E-state index in [4.69, 9.17) is 11.6 Å². The van der Waals surface area contributed by atoms with Gasteiger partial charge in [-0.15, -0.1) is 0 Å². The molecule has 4 rings (SSSR count). The zero-order valence-corrected chi connectivity index (χ0v) is 17.3. The van der Waals surface area contributed by atoms with Crippen LogP contribution in [0.5, 0.6) is 0 Å². The van der Waals surface area contributed by atoms with E-state index in [1.165, 1.54) is 0 Å². The van der Waals surface area contributed by atoms with Gasteiger partial charge in [-0.25, -0.2) is 0 Å². The predicted molar refractivity (Wildman–Crippen MR) is 112 cm³/mol. The average Bonchev–Trinajstić information content (AvgIpc) is 2.93. The highest BCUT2D eigenvalue weighted by Gasteiger charge is 2.25. The van der Waals surface area contributed by atoms with E-state index >= 15 is 0 Å². The smallest absolute Gasteiger partial charge is 0.257 e. The third-order valence-corrected chi connectivity index (χ3v) is 5.83. The zero-order valence-electron chi connectivity index (χ0n) is 14.9. The number of hydrogen-bond donors (Lipinski definition) is 1.